The molecule has 0 aliphatic heterocycles. The number of hydrogen-bond donors (Lipinski definition) is 1. The van der Waals surface area contributed by atoms with Crippen molar-refractivity contribution in [3.05, 3.63) is 89.8 Å². The van der Waals surface area contributed by atoms with Gasteiger partial charge in [-0.15, -0.1) is 5.10 Å². The maximum absolute atomic E-state index is 6.07. The van der Waals surface area contributed by atoms with E-state index in [1.807, 2.05) is 72.9 Å². The third kappa shape index (κ3) is 4.70. The van der Waals surface area contributed by atoms with Crippen LogP contribution in [0.25, 0.3) is 16.6 Å². The Morgan fingerprint density at radius 3 is 2.79 bits per heavy atom. The fraction of sp³-hybridized carbons (Fsp3) is 0.0833. The topological polar surface area (TPSA) is 87.0 Å². The highest BCUT2D eigenvalue weighted by Gasteiger charge is 2.09. The van der Waals surface area contributed by atoms with Crippen molar-refractivity contribution in [1.29, 1.82) is 0 Å². The summed E-state index contributed by atoms with van der Waals surface area (Å²) < 4.78 is 13.0. The molecule has 0 saturated carbocycles. The summed E-state index contributed by atoms with van der Waals surface area (Å²) in [7, 11) is 1.63. The molecule has 0 amide bonds. The lowest BCUT2D eigenvalue weighted by Crippen LogP contribution is -2.00. The third-order valence-electron chi connectivity index (χ3n) is 4.89. The Hall–Kier alpha value is -4.17. The summed E-state index contributed by atoms with van der Waals surface area (Å²) in [6.07, 6.45) is 3.57. The first-order chi connectivity index (χ1) is 16.2. The van der Waals surface area contributed by atoms with E-state index in [9.17, 15) is 0 Å². The first kappa shape index (κ1) is 20.7. The van der Waals surface area contributed by atoms with Crippen molar-refractivity contribution in [3.8, 4) is 17.2 Å². The van der Waals surface area contributed by atoms with Crippen molar-refractivity contribution >= 4 is 34.1 Å². The first-order valence-electron chi connectivity index (χ1n) is 10.1. The summed E-state index contributed by atoms with van der Waals surface area (Å²) in [6.45, 7) is 0.240. The van der Waals surface area contributed by atoms with Gasteiger partial charge in [-0.1, -0.05) is 41.1 Å². The minimum absolute atomic E-state index is 0.240. The van der Waals surface area contributed by atoms with E-state index in [-0.39, 0.29) is 6.61 Å². The molecule has 164 valence electrons. The molecule has 0 aliphatic rings. The van der Waals surface area contributed by atoms with E-state index in [1.165, 1.54) is 0 Å². The molecule has 0 spiro atoms. The van der Waals surface area contributed by atoms with Crippen LogP contribution in [0.3, 0.4) is 0 Å². The molecule has 0 fully saturated rings. The van der Waals surface area contributed by atoms with Gasteiger partial charge >= 0.3 is 0 Å². The summed E-state index contributed by atoms with van der Waals surface area (Å²) in [5.41, 5.74) is 3.02. The minimum Gasteiger partial charge on any atom is -0.497 e. The fourth-order valence-electron chi connectivity index (χ4n) is 3.30. The molecule has 0 unspecified atom stereocenters. The molecule has 0 radical (unpaired) electrons. The zero-order chi connectivity index (χ0) is 22.6. The largest absolute Gasteiger partial charge is 0.497 e. The molecule has 9 heteroatoms. The number of nitrogens with one attached hydrogen (secondary N) is 1. The van der Waals surface area contributed by atoms with Crippen molar-refractivity contribution in [3.63, 3.8) is 0 Å². The van der Waals surface area contributed by atoms with Crippen LogP contribution >= 0.6 is 11.6 Å². The van der Waals surface area contributed by atoms with E-state index in [1.54, 1.807) is 18.0 Å². The summed E-state index contributed by atoms with van der Waals surface area (Å²) in [5, 5.41) is 13.1. The maximum Gasteiger partial charge on any atom is 0.227 e. The minimum atomic E-state index is 0.240. The van der Waals surface area contributed by atoms with E-state index < -0.39 is 0 Å². The first-order valence-corrected chi connectivity index (χ1v) is 10.5. The molecule has 8 nitrogen and oxygen atoms in total. The van der Waals surface area contributed by atoms with Gasteiger partial charge < -0.3 is 14.8 Å². The number of rotatable bonds is 7. The average Bonchev–Trinajstić information content (AvgIpc) is 3.32. The Kier molecular flexibility index (Phi) is 5.73. The van der Waals surface area contributed by atoms with Crippen LogP contribution in [0.2, 0.25) is 5.02 Å². The second-order valence-electron chi connectivity index (χ2n) is 7.17. The van der Waals surface area contributed by atoms with Crippen LogP contribution in [0.4, 0.5) is 11.6 Å². The smallest absolute Gasteiger partial charge is 0.227 e. The maximum atomic E-state index is 6.07. The van der Waals surface area contributed by atoms with Crippen LogP contribution in [-0.4, -0.2) is 32.1 Å². The molecule has 3 aromatic carbocycles. The standard InChI is InChI=1S/C24H19ClN6O2/c1-32-21-9-4-8-20(12-21)31-14-19(29-30-31)15-33-22-10-2-5-16-13-26-24(28-23(16)22)27-18-7-3-6-17(25)11-18/h2-14H,15H2,1H3,(H,26,27,28). The lowest BCUT2D eigenvalue weighted by Gasteiger charge is -2.09. The zero-order valence-electron chi connectivity index (χ0n) is 17.6. The molecule has 5 aromatic rings. The highest BCUT2D eigenvalue weighted by atomic mass is 35.5. The monoisotopic (exact) mass is 458 g/mol. The average molecular weight is 459 g/mol. The Morgan fingerprint density at radius 2 is 1.91 bits per heavy atom. The van der Waals surface area contributed by atoms with Crippen LogP contribution in [0.15, 0.2) is 79.1 Å². The van der Waals surface area contributed by atoms with Crippen molar-refractivity contribution < 1.29 is 9.47 Å². The predicted octanol–water partition coefficient (Wildman–Crippen LogP) is 5.20. The Balaban J connectivity index is 1.35. The quantitative estimate of drug-likeness (QED) is 0.359. The molecular weight excluding hydrogens is 440 g/mol. The number of nitrogens with zero attached hydrogens (tertiary/aromatic N) is 5. The molecule has 2 heterocycles. The lowest BCUT2D eigenvalue weighted by atomic mass is 10.2. The van der Waals surface area contributed by atoms with Crippen LogP contribution in [0.5, 0.6) is 11.5 Å². The van der Waals surface area contributed by atoms with Crippen LogP contribution in [-0.2, 0) is 6.61 Å². The fourth-order valence-corrected chi connectivity index (χ4v) is 3.49. The molecule has 0 atom stereocenters. The second kappa shape index (κ2) is 9.13. The van der Waals surface area contributed by atoms with E-state index in [2.05, 4.69) is 25.6 Å². The number of halogens is 1. The van der Waals surface area contributed by atoms with Crippen LogP contribution < -0.4 is 14.8 Å². The van der Waals surface area contributed by atoms with Gasteiger partial charge in [0.05, 0.1) is 19.0 Å². The lowest BCUT2D eigenvalue weighted by molar-refractivity contribution is 0.304. The SMILES string of the molecule is COc1cccc(-n2cc(COc3cccc4cnc(Nc5cccc(Cl)c5)nc34)nn2)c1. The van der Waals surface area contributed by atoms with Crippen LogP contribution in [0.1, 0.15) is 5.69 Å². The number of fused-ring (bicyclic) bond motifs is 1. The molecule has 5 rings (SSSR count). The molecule has 1 N–H and O–H groups in total. The number of benzene rings is 3. The predicted molar refractivity (Wildman–Crippen MR) is 127 cm³/mol. The number of ether oxygens (including phenoxy) is 2. The molecule has 33 heavy (non-hydrogen) atoms. The summed E-state index contributed by atoms with van der Waals surface area (Å²) in [5.74, 6) is 1.82. The molecular formula is C24H19ClN6O2. The number of hydrogen-bond acceptors (Lipinski definition) is 7. The second-order valence-corrected chi connectivity index (χ2v) is 7.60. The number of anilines is 2. The molecule has 0 aliphatic carbocycles. The van der Waals surface area contributed by atoms with Crippen molar-refractivity contribution in [2.75, 3.05) is 12.4 Å². The van der Waals surface area contributed by atoms with Gasteiger partial charge in [-0.25, -0.2) is 14.6 Å². The van der Waals surface area contributed by atoms with Gasteiger partial charge in [-0.2, -0.15) is 0 Å². The van der Waals surface area contributed by atoms with Gasteiger partial charge in [-0.05, 0) is 36.4 Å². The van der Waals surface area contributed by atoms with Gasteiger partial charge in [0.25, 0.3) is 0 Å². The van der Waals surface area contributed by atoms with E-state index in [0.717, 1.165) is 22.5 Å². The molecule has 0 bridgehead atoms. The van der Waals surface area contributed by atoms with Gasteiger partial charge in [0, 0.05) is 28.4 Å². The zero-order valence-corrected chi connectivity index (χ0v) is 18.4. The summed E-state index contributed by atoms with van der Waals surface area (Å²) in [6, 6.07) is 20.7. The number of methoxy groups -OCH3 is 1. The van der Waals surface area contributed by atoms with Crippen LogP contribution in [0, 0.1) is 0 Å². The van der Waals surface area contributed by atoms with Crippen molar-refractivity contribution in [2.45, 2.75) is 6.61 Å². The van der Waals surface area contributed by atoms with E-state index in [4.69, 9.17) is 21.1 Å². The highest BCUT2D eigenvalue weighted by Crippen LogP contribution is 2.26. The number of aromatic nitrogens is 5. The van der Waals surface area contributed by atoms with Gasteiger partial charge in [0.15, 0.2) is 0 Å². The summed E-state index contributed by atoms with van der Waals surface area (Å²) >= 11 is 6.07. The Bertz CT molecular complexity index is 1420. The van der Waals surface area contributed by atoms with Crippen molar-refractivity contribution in [1.82, 2.24) is 25.0 Å². The number of para-hydroxylation sites is 1. The van der Waals surface area contributed by atoms with E-state index >= 15 is 0 Å². The van der Waals surface area contributed by atoms with Gasteiger partial charge in [-0.3, -0.25) is 0 Å². The van der Waals surface area contributed by atoms with E-state index in [0.29, 0.717) is 27.9 Å². The van der Waals surface area contributed by atoms with Crippen molar-refractivity contribution in [2.24, 2.45) is 0 Å². The molecule has 0 saturated heterocycles. The molecule has 2 aromatic heterocycles. The van der Waals surface area contributed by atoms with Gasteiger partial charge in [0.1, 0.15) is 29.3 Å². The summed E-state index contributed by atoms with van der Waals surface area (Å²) in [4.78, 5) is 9.02. The normalized spacial score (nSPS) is 10.8. The Morgan fingerprint density at radius 1 is 1.03 bits per heavy atom. The highest BCUT2D eigenvalue weighted by molar-refractivity contribution is 6.30. The van der Waals surface area contributed by atoms with Gasteiger partial charge in [0.2, 0.25) is 5.95 Å². The third-order valence-corrected chi connectivity index (χ3v) is 5.12. The Labute approximate surface area is 194 Å².